The Hall–Kier alpha value is -1.27. The van der Waals surface area contributed by atoms with Crippen LogP contribution in [0.3, 0.4) is 0 Å². The molecular weight excluding hydrogens is 372 g/mol. The Kier molecular flexibility index (Phi) is 7.37. The van der Waals surface area contributed by atoms with Crippen LogP contribution >= 0.6 is 15.9 Å². The van der Waals surface area contributed by atoms with Crippen LogP contribution in [0.25, 0.3) is 0 Å². The van der Waals surface area contributed by atoms with E-state index in [0.29, 0.717) is 17.9 Å². The van der Waals surface area contributed by atoms with E-state index in [1.165, 1.54) is 6.42 Å². The Morgan fingerprint density at radius 1 is 1.25 bits per heavy atom. The first-order valence-corrected chi connectivity index (χ1v) is 9.28. The summed E-state index contributed by atoms with van der Waals surface area (Å²) < 4.78 is 11.4. The van der Waals surface area contributed by atoms with Crippen LogP contribution in [0.15, 0.2) is 16.6 Å². The highest BCUT2D eigenvalue weighted by Crippen LogP contribution is 2.33. The smallest absolute Gasteiger partial charge is 0.224 e. The second kappa shape index (κ2) is 9.28. The van der Waals surface area contributed by atoms with E-state index < -0.39 is 0 Å². The molecule has 1 amide bonds. The van der Waals surface area contributed by atoms with Crippen LogP contribution in [0.2, 0.25) is 0 Å². The molecule has 0 aromatic heterocycles. The molecule has 1 aromatic rings. The second-order valence-corrected chi connectivity index (χ2v) is 7.01. The topological polar surface area (TPSA) is 50.8 Å². The number of hydrogen-bond donors (Lipinski definition) is 1. The van der Waals surface area contributed by atoms with Gasteiger partial charge in [-0.1, -0.05) is 22.9 Å². The van der Waals surface area contributed by atoms with Gasteiger partial charge >= 0.3 is 0 Å². The van der Waals surface area contributed by atoms with Gasteiger partial charge in [0.15, 0.2) is 11.5 Å². The van der Waals surface area contributed by atoms with Crippen molar-refractivity contribution in [1.82, 2.24) is 10.2 Å². The summed E-state index contributed by atoms with van der Waals surface area (Å²) in [4.78, 5) is 14.8. The first kappa shape index (κ1) is 19.1. The van der Waals surface area contributed by atoms with Gasteiger partial charge in [-0.15, -0.1) is 0 Å². The predicted molar refractivity (Wildman–Crippen MR) is 98.8 cm³/mol. The van der Waals surface area contributed by atoms with E-state index in [2.05, 4.69) is 33.1 Å². The minimum Gasteiger partial charge on any atom is -0.493 e. The summed E-state index contributed by atoms with van der Waals surface area (Å²) in [5, 5.41) is 3.16. The molecule has 134 valence electrons. The first-order valence-electron chi connectivity index (χ1n) is 8.49. The number of ether oxygens (including phenoxy) is 2. The molecule has 0 radical (unpaired) electrons. The molecule has 0 atom stereocenters. The molecule has 24 heavy (non-hydrogen) atoms. The monoisotopic (exact) mass is 398 g/mol. The highest BCUT2D eigenvalue weighted by Gasteiger charge is 2.21. The number of benzene rings is 1. The van der Waals surface area contributed by atoms with Crippen molar-refractivity contribution in [2.75, 3.05) is 33.9 Å². The molecular formula is C18H27BrN2O3. The Labute approximate surface area is 152 Å². The maximum absolute atomic E-state index is 12.4. The predicted octanol–water partition coefficient (Wildman–Crippen LogP) is 3.00. The fourth-order valence-electron chi connectivity index (χ4n) is 3.10. The molecule has 1 aliphatic heterocycles. The lowest BCUT2D eigenvalue weighted by Crippen LogP contribution is -2.45. The zero-order chi connectivity index (χ0) is 17.5. The van der Waals surface area contributed by atoms with Crippen LogP contribution in [0.1, 0.15) is 31.7 Å². The Morgan fingerprint density at radius 2 is 1.88 bits per heavy atom. The number of likely N-dealkylation sites (tertiary alicyclic amines) is 1. The van der Waals surface area contributed by atoms with E-state index in [1.807, 2.05) is 12.1 Å². The minimum absolute atomic E-state index is 0.0526. The second-order valence-electron chi connectivity index (χ2n) is 6.16. The number of nitrogens with one attached hydrogen (secondary N) is 1. The van der Waals surface area contributed by atoms with Crippen molar-refractivity contribution < 1.29 is 14.3 Å². The number of rotatable bonds is 7. The maximum Gasteiger partial charge on any atom is 0.224 e. The minimum atomic E-state index is 0.0526. The van der Waals surface area contributed by atoms with Crippen molar-refractivity contribution in [2.45, 2.75) is 38.6 Å². The average Bonchev–Trinajstić information content (AvgIpc) is 2.58. The van der Waals surface area contributed by atoms with Gasteiger partial charge in [-0.25, -0.2) is 0 Å². The molecule has 0 bridgehead atoms. The molecule has 1 N–H and O–H groups in total. The van der Waals surface area contributed by atoms with Gasteiger partial charge in [-0.2, -0.15) is 0 Å². The fraction of sp³-hybridized carbons (Fsp3) is 0.611. The number of halogens is 1. The van der Waals surface area contributed by atoms with E-state index in [4.69, 9.17) is 9.47 Å². The SMILES string of the molecule is CCCN1CCC(NC(=O)Cc2cc(OC)c(OC)cc2Br)CC1. The number of piperidine rings is 1. The molecule has 0 saturated carbocycles. The molecule has 2 rings (SSSR count). The number of carbonyl (C=O) groups is 1. The molecule has 1 aliphatic rings. The van der Waals surface area contributed by atoms with E-state index >= 15 is 0 Å². The summed E-state index contributed by atoms with van der Waals surface area (Å²) in [5.74, 6) is 1.34. The Balaban J connectivity index is 1.91. The third-order valence-corrected chi connectivity index (χ3v) is 5.13. The van der Waals surface area contributed by atoms with Gasteiger partial charge in [0.05, 0.1) is 20.6 Å². The van der Waals surface area contributed by atoms with Gasteiger partial charge in [0, 0.05) is 23.6 Å². The lowest BCUT2D eigenvalue weighted by Gasteiger charge is -2.32. The van der Waals surface area contributed by atoms with Crippen LogP contribution < -0.4 is 14.8 Å². The first-order chi connectivity index (χ1) is 11.6. The van der Waals surface area contributed by atoms with Crippen molar-refractivity contribution in [3.05, 3.63) is 22.2 Å². The average molecular weight is 399 g/mol. The molecule has 5 nitrogen and oxygen atoms in total. The quantitative estimate of drug-likeness (QED) is 0.766. The van der Waals surface area contributed by atoms with Crippen molar-refractivity contribution >= 4 is 21.8 Å². The van der Waals surface area contributed by atoms with Crippen molar-refractivity contribution in [3.63, 3.8) is 0 Å². The van der Waals surface area contributed by atoms with Gasteiger partial charge in [0.25, 0.3) is 0 Å². The molecule has 6 heteroatoms. The fourth-order valence-corrected chi connectivity index (χ4v) is 3.56. The third-order valence-electron chi connectivity index (χ3n) is 4.40. The molecule has 0 spiro atoms. The molecule has 1 saturated heterocycles. The van der Waals surface area contributed by atoms with E-state index in [1.54, 1.807) is 14.2 Å². The van der Waals surface area contributed by atoms with Gasteiger partial charge in [-0.05, 0) is 43.5 Å². The van der Waals surface area contributed by atoms with Crippen LogP contribution in [0, 0.1) is 0 Å². The number of methoxy groups -OCH3 is 2. The standard InChI is InChI=1S/C18H27BrN2O3/c1-4-7-21-8-5-14(6-9-21)20-18(22)11-13-10-16(23-2)17(24-3)12-15(13)19/h10,12,14H,4-9,11H2,1-3H3,(H,20,22). The van der Waals surface area contributed by atoms with Crippen molar-refractivity contribution in [3.8, 4) is 11.5 Å². The zero-order valence-electron chi connectivity index (χ0n) is 14.7. The lowest BCUT2D eigenvalue weighted by molar-refractivity contribution is -0.121. The van der Waals surface area contributed by atoms with Crippen molar-refractivity contribution in [1.29, 1.82) is 0 Å². The highest BCUT2D eigenvalue weighted by atomic mass is 79.9. The van der Waals surface area contributed by atoms with Crippen LogP contribution in [-0.4, -0.2) is 50.7 Å². The largest absolute Gasteiger partial charge is 0.493 e. The summed E-state index contributed by atoms with van der Waals surface area (Å²) in [5.41, 5.74) is 0.897. The maximum atomic E-state index is 12.4. The van der Waals surface area contributed by atoms with Gasteiger partial charge in [-0.3, -0.25) is 4.79 Å². The van der Waals surface area contributed by atoms with Gasteiger partial charge in [0.1, 0.15) is 0 Å². The molecule has 0 unspecified atom stereocenters. The van der Waals surface area contributed by atoms with E-state index in [0.717, 1.165) is 42.5 Å². The molecule has 1 fully saturated rings. The Morgan fingerprint density at radius 3 is 2.46 bits per heavy atom. The number of hydrogen-bond acceptors (Lipinski definition) is 4. The number of nitrogens with zero attached hydrogens (tertiary/aromatic N) is 1. The van der Waals surface area contributed by atoms with Crippen LogP contribution in [0.5, 0.6) is 11.5 Å². The highest BCUT2D eigenvalue weighted by molar-refractivity contribution is 9.10. The summed E-state index contributed by atoms with van der Waals surface area (Å²) in [6.45, 7) is 5.49. The van der Waals surface area contributed by atoms with Gasteiger partial charge in [0.2, 0.25) is 5.91 Å². The summed E-state index contributed by atoms with van der Waals surface area (Å²) in [7, 11) is 3.20. The number of carbonyl (C=O) groups excluding carboxylic acids is 1. The summed E-state index contributed by atoms with van der Waals surface area (Å²) in [6, 6.07) is 3.97. The van der Waals surface area contributed by atoms with E-state index in [-0.39, 0.29) is 11.9 Å². The molecule has 1 aromatic carbocycles. The van der Waals surface area contributed by atoms with Gasteiger partial charge < -0.3 is 19.7 Å². The Bertz CT molecular complexity index is 557. The normalized spacial score (nSPS) is 16.0. The summed E-state index contributed by atoms with van der Waals surface area (Å²) >= 11 is 3.51. The van der Waals surface area contributed by atoms with E-state index in [9.17, 15) is 4.79 Å². The van der Waals surface area contributed by atoms with Crippen molar-refractivity contribution in [2.24, 2.45) is 0 Å². The molecule has 1 heterocycles. The van der Waals surface area contributed by atoms with Crippen LogP contribution in [0.4, 0.5) is 0 Å². The number of amides is 1. The lowest BCUT2D eigenvalue weighted by atomic mass is 10.0. The van der Waals surface area contributed by atoms with Crippen LogP contribution in [-0.2, 0) is 11.2 Å². The third kappa shape index (κ3) is 5.11. The zero-order valence-corrected chi connectivity index (χ0v) is 16.3. The molecule has 0 aliphatic carbocycles. The summed E-state index contributed by atoms with van der Waals surface area (Å²) in [6.07, 6.45) is 3.57.